The first kappa shape index (κ1) is 15.5. The molecule has 1 amide bonds. The first-order chi connectivity index (χ1) is 10.1. The van der Waals surface area contributed by atoms with Crippen LogP contribution in [-0.4, -0.2) is 17.6 Å². The Balaban J connectivity index is 1.86. The van der Waals surface area contributed by atoms with Gasteiger partial charge in [-0.1, -0.05) is 48.0 Å². The van der Waals surface area contributed by atoms with Crippen molar-refractivity contribution in [2.45, 2.75) is 19.4 Å². The second-order valence-electron chi connectivity index (χ2n) is 4.98. The normalized spacial score (nSPS) is 12.0. The van der Waals surface area contributed by atoms with E-state index in [1.807, 2.05) is 43.3 Å². The average molecular weight is 304 g/mol. The van der Waals surface area contributed by atoms with Gasteiger partial charge in [-0.15, -0.1) is 0 Å². The quantitative estimate of drug-likeness (QED) is 0.892. The molecular weight excluding hydrogens is 286 g/mol. The Hall–Kier alpha value is -1.84. The predicted octanol–water partition coefficient (Wildman–Crippen LogP) is 3.04. The van der Waals surface area contributed by atoms with Crippen molar-refractivity contribution < 1.29 is 9.90 Å². The van der Waals surface area contributed by atoms with Crippen LogP contribution < -0.4 is 5.32 Å². The Morgan fingerprint density at radius 2 is 1.86 bits per heavy atom. The third-order valence-electron chi connectivity index (χ3n) is 3.32. The molecule has 0 heterocycles. The van der Waals surface area contributed by atoms with Crippen molar-refractivity contribution in [1.29, 1.82) is 0 Å². The predicted molar refractivity (Wildman–Crippen MR) is 84.3 cm³/mol. The van der Waals surface area contributed by atoms with Crippen LogP contribution in [-0.2, 0) is 11.2 Å². The number of hydrogen-bond donors (Lipinski definition) is 2. The molecule has 0 radical (unpaired) electrons. The van der Waals surface area contributed by atoms with Crippen LogP contribution in [0.5, 0.6) is 0 Å². The van der Waals surface area contributed by atoms with Gasteiger partial charge in [-0.3, -0.25) is 4.79 Å². The lowest BCUT2D eigenvalue weighted by Crippen LogP contribution is -2.29. The van der Waals surface area contributed by atoms with E-state index in [0.29, 0.717) is 5.02 Å². The van der Waals surface area contributed by atoms with Gasteiger partial charge in [0.15, 0.2) is 0 Å². The number of rotatable bonds is 5. The lowest BCUT2D eigenvalue weighted by atomic mass is 10.0. The van der Waals surface area contributed by atoms with E-state index >= 15 is 0 Å². The van der Waals surface area contributed by atoms with Gasteiger partial charge in [-0.2, -0.15) is 0 Å². The van der Waals surface area contributed by atoms with Gasteiger partial charge in [-0.05, 0) is 35.7 Å². The zero-order valence-corrected chi connectivity index (χ0v) is 12.6. The molecule has 2 N–H and O–H groups in total. The molecule has 0 aromatic heterocycles. The summed E-state index contributed by atoms with van der Waals surface area (Å²) in [7, 11) is 0. The highest BCUT2D eigenvalue weighted by molar-refractivity contribution is 6.30. The Morgan fingerprint density at radius 3 is 2.52 bits per heavy atom. The summed E-state index contributed by atoms with van der Waals surface area (Å²) in [6.07, 6.45) is -0.419. The van der Waals surface area contributed by atoms with Gasteiger partial charge in [0.2, 0.25) is 5.91 Å². The van der Waals surface area contributed by atoms with E-state index in [0.717, 1.165) is 16.7 Å². The van der Waals surface area contributed by atoms with Crippen molar-refractivity contribution >= 4 is 17.5 Å². The minimum Gasteiger partial charge on any atom is -0.387 e. The molecule has 1 unspecified atom stereocenters. The maximum atomic E-state index is 11.9. The number of carbonyl (C=O) groups is 1. The molecule has 0 saturated heterocycles. The number of carbonyl (C=O) groups excluding carboxylic acids is 1. The molecule has 0 aliphatic carbocycles. The van der Waals surface area contributed by atoms with Crippen molar-refractivity contribution in [1.82, 2.24) is 5.32 Å². The van der Waals surface area contributed by atoms with Crippen molar-refractivity contribution in [2.75, 3.05) is 6.54 Å². The molecule has 0 fully saturated rings. The molecule has 21 heavy (non-hydrogen) atoms. The number of aliphatic hydroxyl groups is 1. The molecule has 2 aromatic rings. The molecule has 0 bridgehead atoms. The molecule has 0 spiro atoms. The highest BCUT2D eigenvalue weighted by Crippen LogP contribution is 2.16. The van der Waals surface area contributed by atoms with E-state index < -0.39 is 6.10 Å². The molecule has 110 valence electrons. The van der Waals surface area contributed by atoms with Gasteiger partial charge >= 0.3 is 0 Å². The lowest BCUT2D eigenvalue weighted by molar-refractivity contribution is -0.120. The molecule has 0 aliphatic rings. The van der Waals surface area contributed by atoms with Crippen LogP contribution >= 0.6 is 11.6 Å². The highest BCUT2D eigenvalue weighted by Gasteiger charge is 2.11. The zero-order valence-electron chi connectivity index (χ0n) is 11.8. The number of nitrogens with one attached hydrogen (secondary N) is 1. The summed E-state index contributed by atoms with van der Waals surface area (Å²) in [4.78, 5) is 11.9. The van der Waals surface area contributed by atoms with Crippen molar-refractivity contribution in [3.63, 3.8) is 0 Å². The summed E-state index contributed by atoms with van der Waals surface area (Å²) in [5.41, 5.74) is 2.74. The number of halogens is 1. The van der Waals surface area contributed by atoms with Crippen LogP contribution in [0.1, 0.15) is 22.8 Å². The SMILES string of the molecule is Cc1ccccc1C(O)CNC(=O)Cc1ccc(Cl)cc1. The fourth-order valence-corrected chi connectivity index (χ4v) is 2.26. The molecule has 0 aliphatic heterocycles. The van der Waals surface area contributed by atoms with E-state index in [-0.39, 0.29) is 18.9 Å². The molecule has 3 nitrogen and oxygen atoms in total. The number of hydrogen-bond acceptors (Lipinski definition) is 2. The standard InChI is InChI=1S/C17H18ClNO2/c1-12-4-2-3-5-15(12)16(20)11-19-17(21)10-13-6-8-14(18)9-7-13/h2-9,16,20H,10-11H2,1H3,(H,19,21). The molecule has 4 heteroatoms. The van der Waals surface area contributed by atoms with Crippen LogP contribution in [0.2, 0.25) is 5.02 Å². The summed E-state index contributed by atoms with van der Waals surface area (Å²) in [5, 5.41) is 13.5. The van der Waals surface area contributed by atoms with Gasteiger partial charge in [0, 0.05) is 11.6 Å². The number of amides is 1. The number of aryl methyl sites for hydroxylation is 1. The lowest BCUT2D eigenvalue weighted by Gasteiger charge is -2.14. The fourth-order valence-electron chi connectivity index (χ4n) is 2.13. The third-order valence-corrected chi connectivity index (χ3v) is 3.57. The van der Waals surface area contributed by atoms with Gasteiger partial charge in [0.05, 0.1) is 12.5 Å². The molecule has 0 saturated carbocycles. The van der Waals surface area contributed by atoms with Crippen molar-refractivity contribution in [2.24, 2.45) is 0 Å². The largest absolute Gasteiger partial charge is 0.387 e. The Bertz CT molecular complexity index is 610. The minimum atomic E-state index is -0.694. The van der Waals surface area contributed by atoms with E-state index in [4.69, 9.17) is 11.6 Å². The smallest absolute Gasteiger partial charge is 0.224 e. The van der Waals surface area contributed by atoms with Gasteiger partial charge in [0.1, 0.15) is 0 Å². The summed E-state index contributed by atoms with van der Waals surface area (Å²) in [5.74, 6) is -0.120. The van der Waals surface area contributed by atoms with E-state index in [1.165, 1.54) is 0 Å². The zero-order chi connectivity index (χ0) is 15.2. The van der Waals surface area contributed by atoms with Crippen LogP contribution in [0.15, 0.2) is 48.5 Å². The fraction of sp³-hybridized carbons (Fsp3) is 0.235. The average Bonchev–Trinajstić information content (AvgIpc) is 2.48. The topological polar surface area (TPSA) is 49.3 Å². The summed E-state index contributed by atoms with van der Waals surface area (Å²) in [6, 6.07) is 14.8. The maximum Gasteiger partial charge on any atom is 0.224 e. The van der Waals surface area contributed by atoms with Crippen molar-refractivity contribution in [3.8, 4) is 0 Å². The Labute approximate surface area is 129 Å². The van der Waals surface area contributed by atoms with Gasteiger partial charge < -0.3 is 10.4 Å². The van der Waals surface area contributed by atoms with Crippen LogP contribution in [0, 0.1) is 6.92 Å². The number of aliphatic hydroxyl groups excluding tert-OH is 1. The Kier molecular flexibility index (Phi) is 5.37. The molecule has 2 aromatic carbocycles. The second-order valence-corrected chi connectivity index (χ2v) is 5.42. The third kappa shape index (κ3) is 4.59. The molecular formula is C17H18ClNO2. The van der Waals surface area contributed by atoms with E-state index in [9.17, 15) is 9.90 Å². The molecule has 2 rings (SSSR count). The Morgan fingerprint density at radius 1 is 1.19 bits per heavy atom. The first-order valence-corrected chi connectivity index (χ1v) is 7.19. The van der Waals surface area contributed by atoms with Gasteiger partial charge in [-0.25, -0.2) is 0 Å². The second kappa shape index (κ2) is 7.25. The van der Waals surface area contributed by atoms with Crippen molar-refractivity contribution in [3.05, 3.63) is 70.2 Å². The minimum absolute atomic E-state index is 0.120. The van der Waals surface area contributed by atoms with Crippen LogP contribution in [0.4, 0.5) is 0 Å². The highest BCUT2D eigenvalue weighted by atomic mass is 35.5. The monoisotopic (exact) mass is 303 g/mol. The molecule has 1 atom stereocenters. The number of benzene rings is 2. The summed E-state index contributed by atoms with van der Waals surface area (Å²) < 4.78 is 0. The summed E-state index contributed by atoms with van der Waals surface area (Å²) >= 11 is 5.80. The van der Waals surface area contributed by atoms with Crippen LogP contribution in [0.3, 0.4) is 0 Å². The van der Waals surface area contributed by atoms with Crippen LogP contribution in [0.25, 0.3) is 0 Å². The van der Waals surface area contributed by atoms with E-state index in [2.05, 4.69) is 5.32 Å². The maximum absolute atomic E-state index is 11.9. The van der Waals surface area contributed by atoms with E-state index in [1.54, 1.807) is 12.1 Å². The first-order valence-electron chi connectivity index (χ1n) is 6.81. The summed E-state index contributed by atoms with van der Waals surface area (Å²) in [6.45, 7) is 2.14. The van der Waals surface area contributed by atoms with Gasteiger partial charge in [0.25, 0.3) is 0 Å².